The van der Waals surface area contributed by atoms with Crippen molar-refractivity contribution in [3.05, 3.63) is 68.7 Å². The van der Waals surface area contributed by atoms with Gasteiger partial charge in [0.2, 0.25) is 5.91 Å². The predicted octanol–water partition coefficient (Wildman–Crippen LogP) is 7.65. The summed E-state index contributed by atoms with van der Waals surface area (Å²) < 4.78 is 96.0. The lowest BCUT2D eigenvalue weighted by Crippen LogP contribution is -2.54. The first kappa shape index (κ1) is 29.5. The zero-order valence-electron chi connectivity index (χ0n) is 19.9. The smallest absolute Gasteiger partial charge is 0.350 e. The third kappa shape index (κ3) is 6.52. The highest BCUT2D eigenvalue weighted by molar-refractivity contribution is 6.35. The number of alkyl halides is 7. The Labute approximate surface area is 219 Å². The van der Waals surface area contributed by atoms with Crippen LogP contribution in [-0.4, -0.2) is 24.7 Å². The summed E-state index contributed by atoms with van der Waals surface area (Å²) in [7, 11) is 0. The summed E-state index contributed by atoms with van der Waals surface area (Å²) in [6.45, 7) is 3.49. The Morgan fingerprint density at radius 2 is 1.54 bits per heavy atom. The van der Waals surface area contributed by atoms with Crippen LogP contribution in [0.1, 0.15) is 61.4 Å². The SMILES string of the molecule is CC(NC(=O)CC(C)(c1ccc(Cl)cc1Cl)C1(F)CCNCC1)c1cc(C(F)(F)F)cc(C(F)(F)F)c1. The van der Waals surface area contributed by atoms with Gasteiger partial charge >= 0.3 is 12.4 Å². The van der Waals surface area contributed by atoms with Crippen LogP contribution in [0.4, 0.5) is 30.7 Å². The van der Waals surface area contributed by atoms with E-state index in [2.05, 4.69) is 10.6 Å². The van der Waals surface area contributed by atoms with Crippen molar-refractivity contribution in [2.45, 2.75) is 62.6 Å². The average Bonchev–Trinajstić information content (AvgIpc) is 2.77. The predicted molar refractivity (Wildman–Crippen MR) is 127 cm³/mol. The van der Waals surface area contributed by atoms with Gasteiger partial charge in [-0.25, -0.2) is 4.39 Å². The topological polar surface area (TPSA) is 41.1 Å². The zero-order valence-corrected chi connectivity index (χ0v) is 21.4. The molecule has 12 heteroatoms. The molecule has 1 amide bonds. The van der Waals surface area contributed by atoms with E-state index in [1.807, 2.05) is 0 Å². The number of carbonyl (C=O) groups is 1. The highest BCUT2D eigenvalue weighted by atomic mass is 35.5. The molecule has 0 aliphatic carbocycles. The average molecular weight is 573 g/mol. The van der Waals surface area contributed by atoms with Gasteiger partial charge in [0.25, 0.3) is 0 Å². The largest absolute Gasteiger partial charge is 0.416 e. The van der Waals surface area contributed by atoms with Gasteiger partial charge in [0.1, 0.15) is 5.67 Å². The van der Waals surface area contributed by atoms with E-state index in [9.17, 15) is 31.1 Å². The summed E-state index contributed by atoms with van der Waals surface area (Å²) in [6.07, 6.45) is -10.4. The molecule has 1 aliphatic heterocycles. The Bertz CT molecular complexity index is 1110. The van der Waals surface area contributed by atoms with E-state index >= 15 is 4.39 Å². The molecule has 2 atom stereocenters. The Morgan fingerprint density at radius 3 is 2.03 bits per heavy atom. The Morgan fingerprint density at radius 1 is 1.00 bits per heavy atom. The fourth-order valence-electron chi connectivity index (χ4n) is 4.73. The number of hydrogen-bond donors (Lipinski definition) is 2. The molecular weight excluding hydrogens is 548 g/mol. The Kier molecular flexibility index (Phi) is 8.47. The molecule has 2 aromatic carbocycles. The maximum Gasteiger partial charge on any atom is 0.416 e. The summed E-state index contributed by atoms with van der Waals surface area (Å²) in [5.74, 6) is -0.762. The van der Waals surface area contributed by atoms with Gasteiger partial charge in [-0.3, -0.25) is 4.79 Å². The molecule has 204 valence electrons. The molecule has 0 bridgehead atoms. The maximum atomic E-state index is 16.4. The fourth-order valence-corrected chi connectivity index (χ4v) is 5.35. The van der Waals surface area contributed by atoms with Crippen molar-refractivity contribution in [1.29, 1.82) is 0 Å². The van der Waals surface area contributed by atoms with Gasteiger partial charge in [-0.2, -0.15) is 26.3 Å². The molecule has 3 rings (SSSR count). The van der Waals surface area contributed by atoms with Crippen LogP contribution < -0.4 is 10.6 Å². The monoisotopic (exact) mass is 572 g/mol. The van der Waals surface area contributed by atoms with Crippen molar-refractivity contribution in [2.24, 2.45) is 0 Å². The molecule has 2 N–H and O–H groups in total. The van der Waals surface area contributed by atoms with Gasteiger partial charge in [0.15, 0.2) is 0 Å². The second kappa shape index (κ2) is 10.6. The van der Waals surface area contributed by atoms with Crippen LogP contribution in [0.15, 0.2) is 36.4 Å². The lowest BCUT2D eigenvalue weighted by atomic mass is 9.64. The molecule has 2 unspecified atom stereocenters. The summed E-state index contributed by atoms with van der Waals surface area (Å²) in [6, 6.07) is 4.34. The van der Waals surface area contributed by atoms with E-state index in [-0.39, 0.29) is 23.9 Å². The molecule has 0 radical (unpaired) electrons. The van der Waals surface area contributed by atoms with Crippen LogP contribution in [0.25, 0.3) is 0 Å². The highest BCUT2D eigenvalue weighted by Crippen LogP contribution is 2.49. The van der Waals surface area contributed by atoms with Gasteiger partial charge in [-0.05, 0) is 74.3 Å². The molecule has 1 aliphatic rings. The molecule has 0 aromatic heterocycles. The zero-order chi connectivity index (χ0) is 27.8. The first-order valence-electron chi connectivity index (χ1n) is 11.4. The van der Waals surface area contributed by atoms with Crippen molar-refractivity contribution in [1.82, 2.24) is 10.6 Å². The normalized spacial score (nSPS) is 18.7. The number of nitrogens with one attached hydrogen (secondary N) is 2. The first-order valence-corrected chi connectivity index (χ1v) is 12.2. The third-order valence-electron chi connectivity index (χ3n) is 6.91. The minimum absolute atomic E-state index is 0.0155. The molecule has 1 fully saturated rings. The summed E-state index contributed by atoms with van der Waals surface area (Å²) >= 11 is 12.4. The van der Waals surface area contributed by atoms with Crippen molar-refractivity contribution in [3.8, 4) is 0 Å². The summed E-state index contributed by atoms with van der Waals surface area (Å²) in [5, 5.41) is 5.93. The van der Waals surface area contributed by atoms with Crippen LogP contribution >= 0.6 is 23.2 Å². The van der Waals surface area contributed by atoms with Crippen LogP contribution in [0, 0.1) is 0 Å². The van der Waals surface area contributed by atoms with E-state index in [0.717, 1.165) is 0 Å². The van der Waals surface area contributed by atoms with Crippen LogP contribution in [0.5, 0.6) is 0 Å². The molecule has 37 heavy (non-hydrogen) atoms. The van der Waals surface area contributed by atoms with Crippen LogP contribution in [0.2, 0.25) is 10.0 Å². The summed E-state index contributed by atoms with van der Waals surface area (Å²) in [5.41, 5.74) is -6.40. The summed E-state index contributed by atoms with van der Waals surface area (Å²) in [4.78, 5) is 13.1. The van der Waals surface area contributed by atoms with E-state index in [4.69, 9.17) is 23.2 Å². The lowest BCUT2D eigenvalue weighted by molar-refractivity contribution is -0.143. The fraction of sp³-hybridized carbons (Fsp3) is 0.480. The number of rotatable bonds is 6. The van der Waals surface area contributed by atoms with E-state index in [1.54, 1.807) is 0 Å². The molecular formula is C25H25Cl2F7N2O. The number of amides is 1. The number of hydrogen-bond acceptors (Lipinski definition) is 2. The van der Waals surface area contributed by atoms with E-state index < -0.39 is 58.5 Å². The third-order valence-corrected chi connectivity index (χ3v) is 7.46. The van der Waals surface area contributed by atoms with E-state index in [0.29, 0.717) is 35.8 Å². The molecule has 1 saturated heterocycles. The number of carbonyl (C=O) groups excluding carboxylic acids is 1. The second-order valence-electron chi connectivity index (χ2n) is 9.48. The van der Waals surface area contributed by atoms with Crippen molar-refractivity contribution in [2.75, 3.05) is 13.1 Å². The number of halogens is 9. The molecule has 1 heterocycles. The highest BCUT2D eigenvalue weighted by Gasteiger charge is 2.52. The van der Waals surface area contributed by atoms with Crippen LogP contribution in [-0.2, 0) is 22.6 Å². The lowest BCUT2D eigenvalue weighted by Gasteiger charge is -2.46. The Balaban J connectivity index is 1.95. The van der Waals surface area contributed by atoms with Crippen molar-refractivity contribution >= 4 is 29.1 Å². The Hall–Kier alpha value is -2.04. The minimum Gasteiger partial charge on any atom is -0.350 e. The number of piperidine rings is 1. The van der Waals surface area contributed by atoms with Gasteiger partial charge in [-0.1, -0.05) is 36.2 Å². The minimum atomic E-state index is -5.03. The molecule has 0 saturated carbocycles. The van der Waals surface area contributed by atoms with Gasteiger partial charge in [-0.15, -0.1) is 0 Å². The van der Waals surface area contributed by atoms with Gasteiger partial charge < -0.3 is 10.6 Å². The standard InChI is InChI=1S/C25H25Cl2F7N2O/c1-14(15-9-16(24(29,30)31)11-17(10-15)25(32,33)34)36-21(37)13-22(2,23(28)5-7-35-8-6-23)19-4-3-18(26)12-20(19)27/h3-4,9-12,14,35H,5-8,13H2,1-2H3,(H,36,37). The van der Waals surface area contributed by atoms with Gasteiger partial charge in [0, 0.05) is 21.9 Å². The molecule has 2 aromatic rings. The maximum absolute atomic E-state index is 16.4. The van der Waals surface area contributed by atoms with Crippen LogP contribution in [0.3, 0.4) is 0 Å². The second-order valence-corrected chi connectivity index (χ2v) is 10.3. The van der Waals surface area contributed by atoms with Gasteiger partial charge in [0.05, 0.1) is 17.2 Å². The number of benzene rings is 2. The molecule has 3 nitrogen and oxygen atoms in total. The quantitative estimate of drug-likeness (QED) is 0.349. The van der Waals surface area contributed by atoms with Crippen molar-refractivity contribution < 1.29 is 35.5 Å². The van der Waals surface area contributed by atoms with Crippen molar-refractivity contribution in [3.63, 3.8) is 0 Å². The first-order chi connectivity index (χ1) is 17.0. The van der Waals surface area contributed by atoms with E-state index in [1.165, 1.54) is 32.0 Å². The molecule has 0 spiro atoms.